The number of phenolic OH excluding ortho intramolecular Hbond substituents is 1. The number of benzene rings is 1. The van der Waals surface area contributed by atoms with Crippen molar-refractivity contribution < 1.29 is 5.11 Å². The van der Waals surface area contributed by atoms with Gasteiger partial charge in [-0.05, 0) is 30.5 Å². The van der Waals surface area contributed by atoms with Gasteiger partial charge in [0.25, 0.3) is 0 Å². The van der Waals surface area contributed by atoms with Crippen molar-refractivity contribution in [3.63, 3.8) is 0 Å². The van der Waals surface area contributed by atoms with Gasteiger partial charge in [-0.3, -0.25) is 0 Å². The molecule has 0 aliphatic carbocycles. The van der Waals surface area contributed by atoms with E-state index >= 15 is 0 Å². The molecular formula is C15H24Cl2O. The van der Waals surface area contributed by atoms with Gasteiger partial charge in [-0.25, -0.2) is 0 Å². The van der Waals surface area contributed by atoms with E-state index < -0.39 is 0 Å². The first-order chi connectivity index (χ1) is 8.24. The summed E-state index contributed by atoms with van der Waals surface area (Å²) in [5.74, 6) is 0.176. The van der Waals surface area contributed by atoms with E-state index in [0.29, 0.717) is 5.02 Å². The van der Waals surface area contributed by atoms with Crippen LogP contribution in [0.15, 0.2) is 18.2 Å². The lowest BCUT2D eigenvalue weighted by molar-refractivity contribution is 0.475. The predicted molar refractivity (Wildman–Crippen MR) is 82.1 cm³/mol. The van der Waals surface area contributed by atoms with E-state index in [1.807, 2.05) is 12.1 Å². The van der Waals surface area contributed by atoms with Gasteiger partial charge in [0, 0.05) is 0 Å². The van der Waals surface area contributed by atoms with Crippen LogP contribution in [-0.2, 0) is 6.42 Å². The Balaban J connectivity index is 0.00000289. The lowest BCUT2D eigenvalue weighted by Gasteiger charge is -2.04. The highest BCUT2D eigenvalue weighted by Crippen LogP contribution is 2.24. The van der Waals surface area contributed by atoms with Crippen molar-refractivity contribution in [1.29, 1.82) is 0 Å². The highest BCUT2D eigenvalue weighted by molar-refractivity contribution is 6.32. The first-order valence-corrected chi connectivity index (χ1v) is 7.09. The molecule has 0 spiro atoms. The monoisotopic (exact) mass is 290 g/mol. The molecule has 0 bridgehead atoms. The topological polar surface area (TPSA) is 20.2 Å². The van der Waals surface area contributed by atoms with Crippen molar-refractivity contribution in [2.45, 2.75) is 58.3 Å². The first kappa shape index (κ1) is 17.6. The number of hydrogen-bond acceptors (Lipinski definition) is 1. The molecule has 0 saturated carbocycles. The smallest absolute Gasteiger partial charge is 0.134 e. The molecule has 0 unspecified atom stereocenters. The second-order valence-electron chi connectivity index (χ2n) is 4.66. The largest absolute Gasteiger partial charge is 0.506 e. The van der Waals surface area contributed by atoms with E-state index in [9.17, 15) is 5.11 Å². The Bertz CT molecular complexity index is 326. The maximum Gasteiger partial charge on any atom is 0.134 e. The molecule has 0 heterocycles. The molecule has 0 amide bonds. The molecule has 1 N–H and O–H groups in total. The molecule has 18 heavy (non-hydrogen) atoms. The highest BCUT2D eigenvalue weighted by atomic mass is 35.5. The first-order valence-electron chi connectivity index (χ1n) is 6.71. The third-order valence-electron chi connectivity index (χ3n) is 3.08. The number of halogens is 2. The Labute approximate surface area is 122 Å². The zero-order valence-corrected chi connectivity index (χ0v) is 12.7. The molecule has 3 heteroatoms. The summed E-state index contributed by atoms with van der Waals surface area (Å²) >= 11 is 5.86. The number of rotatable bonds is 8. The molecule has 0 saturated heterocycles. The van der Waals surface area contributed by atoms with Gasteiger partial charge < -0.3 is 5.11 Å². The minimum absolute atomic E-state index is 0. The normalized spacial score (nSPS) is 10.1. The summed E-state index contributed by atoms with van der Waals surface area (Å²) in [5.41, 5.74) is 1.22. The molecule has 0 aliphatic heterocycles. The maximum atomic E-state index is 9.30. The Hall–Kier alpha value is -0.400. The average Bonchev–Trinajstić information content (AvgIpc) is 2.32. The van der Waals surface area contributed by atoms with Crippen LogP contribution in [0, 0.1) is 0 Å². The SMILES string of the molecule is CCCCCCCCCc1ccc(O)c(Cl)c1.Cl. The predicted octanol–water partition coefficient (Wildman–Crippen LogP) is 5.76. The van der Waals surface area contributed by atoms with E-state index in [1.54, 1.807) is 6.07 Å². The van der Waals surface area contributed by atoms with Crippen LogP contribution in [0.1, 0.15) is 57.4 Å². The van der Waals surface area contributed by atoms with E-state index in [4.69, 9.17) is 11.6 Å². The number of unbranched alkanes of at least 4 members (excludes halogenated alkanes) is 6. The molecule has 1 nitrogen and oxygen atoms in total. The summed E-state index contributed by atoms with van der Waals surface area (Å²) in [4.78, 5) is 0. The standard InChI is InChI=1S/C15H23ClO.ClH/c1-2-3-4-5-6-7-8-9-13-10-11-15(17)14(16)12-13;/h10-12,17H,2-9H2,1H3;1H. The van der Waals surface area contributed by atoms with Crippen molar-refractivity contribution in [2.75, 3.05) is 0 Å². The van der Waals surface area contributed by atoms with Crippen LogP contribution >= 0.6 is 24.0 Å². The fourth-order valence-corrected chi connectivity index (χ4v) is 2.20. The van der Waals surface area contributed by atoms with E-state index in [2.05, 4.69) is 6.92 Å². The van der Waals surface area contributed by atoms with Crippen LogP contribution in [0.25, 0.3) is 0 Å². The van der Waals surface area contributed by atoms with Crippen LogP contribution in [0.4, 0.5) is 0 Å². The Morgan fingerprint density at radius 2 is 1.61 bits per heavy atom. The van der Waals surface area contributed by atoms with Crippen molar-refractivity contribution in [3.05, 3.63) is 28.8 Å². The lowest BCUT2D eigenvalue weighted by Crippen LogP contribution is -1.86. The van der Waals surface area contributed by atoms with Crippen molar-refractivity contribution in [3.8, 4) is 5.75 Å². The minimum Gasteiger partial charge on any atom is -0.506 e. The van der Waals surface area contributed by atoms with E-state index in [-0.39, 0.29) is 18.2 Å². The van der Waals surface area contributed by atoms with Crippen molar-refractivity contribution in [1.82, 2.24) is 0 Å². The van der Waals surface area contributed by atoms with Gasteiger partial charge in [0.15, 0.2) is 0 Å². The van der Waals surface area contributed by atoms with Crippen LogP contribution < -0.4 is 0 Å². The maximum absolute atomic E-state index is 9.30. The van der Waals surface area contributed by atoms with Crippen molar-refractivity contribution in [2.24, 2.45) is 0 Å². The summed E-state index contributed by atoms with van der Waals surface area (Å²) in [7, 11) is 0. The van der Waals surface area contributed by atoms with Gasteiger partial charge in [-0.2, -0.15) is 0 Å². The molecule has 0 aliphatic rings. The van der Waals surface area contributed by atoms with Gasteiger partial charge in [0.1, 0.15) is 5.75 Å². The Kier molecular flexibility index (Phi) is 10.3. The van der Waals surface area contributed by atoms with Crippen LogP contribution in [0.2, 0.25) is 5.02 Å². The summed E-state index contributed by atoms with van der Waals surface area (Å²) in [6.45, 7) is 2.24. The van der Waals surface area contributed by atoms with E-state index in [0.717, 1.165) is 6.42 Å². The second-order valence-corrected chi connectivity index (χ2v) is 5.06. The average molecular weight is 291 g/mol. The Morgan fingerprint density at radius 3 is 2.22 bits per heavy atom. The third-order valence-corrected chi connectivity index (χ3v) is 3.38. The van der Waals surface area contributed by atoms with Crippen LogP contribution in [0.3, 0.4) is 0 Å². The summed E-state index contributed by atoms with van der Waals surface area (Å²) in [6, 6.07) is 5.51. The summed E-state index contributed by atoms with van der Waals surface area (Å²) in [6.07, 6.45) is 10.3. The molecule has 1 aromatic rings. The summed E-state index contributed by atoms with van der Waals surface area (Å²) < 4.78 is 0. The minimum atomic E-state index is 0. The van der Waals surface area contributed by atoms with Gasteiger partial charge in [0.05, 0.1) is 5.02 Å². The molecule has 0 radical (unpaired) electrons. The van der Waals surface area contributed by atoms with Gasteiger partial charge in [-0.1, -0.05) is 63.1 Å². The molecule has 0 atom stereocenters. The van der Waals surface area contributed by atoms with Crippen molar-refractivity contribution >= 4 is 24.0 Å². The molecule has 104 valence electrons. The number of phenols is 1. The zero-order chi connectivity index (χ0) is 12.5. The number of aromatic hydroxyl groups is 1. The number of aryl methyl sites for hydroxylation is 1. The molecule has 1 aromatic carbocycles. The lowest BCUT2D eigenvalue weighted by atomic mass is 10.0. The summed E-state index contributed by atoms with van der Waals surface area (Å²) in [5, 5.41) is 9.77. The van der Waals surface area contributed by atoms with Gasteiger partial charge >= 0.3 is 0 Å². The molecule has 1 rings (SSSR count). The third kappa shape index (κ3) is 7.13. The molecule has 0 fully saturated rings. The zero-order valence-electron chi connectivity index (χ0n) is 11.1. The number of hydrogen-bond donors (Lipinski definition) is 1. The molecular weight excluding hydrogens is 267 g/mol. The Morgan fingerprint density at radius 1 is 1.00 bits per heavy atom. The second kappa shape index (κ2) is 10.5. The fraction of sp³-hybridized carbons (Fsp3) is 0.600. The molecule has 0 aromatic heterocycles. The quantitative estimate of drug-likeness (QED) is 0.604. The highest BCUT2D eigenvalue weighted by Gasteiger charge is 1.99. The fourth-order valence-electron chi connectivity index (χ4n) is 1.99. The van der Waals surface area contributed by atoms with Gasteiger partial charge in [0.2, 0.25) is 0 Å². The van der Waals surface area contributed by atoms with Crippen LogP contribution in [-0.4, -0.2) is 5.11 Å². The van der Waals surface area contributed by atoms with E-state index in [1.165, 1.54) is 50.5 Å². The van der Waals surface area contributed by atoms with Crippen LogP contribution in [0.5, 0.6) is 5.75 Å². The van der Waals surface area contributed by atoms with Gasteiger partial charge in [-0.15, -0.1) is 12.4 Å².